The fourth-order valence-electron chi connectivity index (χ4n) is 3.03. The van der Waals surface area contributed by atoms with Crippen molar-refractivity contribution in [1.82, 2.24) is 9.88 Å². The molecule has 3 aromatic rings. The number of esters is 1. The molecule has 1 heterocycles. The zero-order chi connectivity index (χ0) is 19.2. The molecular weight excluding hydrogens is 340 g/mol. The van der Waals surface area contributed by atoms with Gasteiger partial charge in [0.1, 0.15) is 0 Å². The first-order chi connectivity index (χ1) is 13.0. The molecule has 0 atom stereocenters. The van der Waals surface area contributed by atoms with Gasteiger partial charge < -0.3 is 14.6 Å². The van der Waals surface area contributed by atoms with Crippen LogP contribution in [0.3, 0.4) is 0 Å². The smallest absolute Gasteiger partial charge is 0.306 e. The van der Waals surface area contributed by atoms with Crippen LogP contribution >= 0.6 is 0 Å². The van der Waals surface area contributed by atoms with E-state index in [1.54, 1.807) is 11.9 Å². The second kappa shape index (κ2) is 8.54. The summed E-state index contributed by atoms with van der Waals surface area (Å²) < 4.78 is 5.16. The minimum atomic E-state index is -0.363. The van der Waals surface area contributed by atoms with Gasteiger partial charge in [-0.25, -0.2) is 0 Å². The van der Waals surface area contributed by atoms with E-state index >= 15 is 0 Å². The first kappa shape index (κ1) is 18.7. The van der Waals surface area contributed by atoms with Crippen molar-refractivity contribution < 1.29 is 14.3 Å². The van der Waals surface area contributed by atoms with Crippen molar-refractivity contribution in [3.05, 3.63) is 71.4 Å². The van der Waals surface area contributed by atoms with Crippen LogP contribution in [0.5, 0.6) is 0 Å². The van der Waals surface area contributed by atoms with Crippen molar-refractivity contribution in [2.75, 3.05) is 13.7 Å². The lowest BCUT2D eigenvalue weighted by molar-refractivity contribution is -0.151. The van der Waals surface area contributed by atoms with Crippen LogP contribution in [0.1, 0.15) is 23.1 Å². The average molecular weight is 364 g/mol. The van der Waals surface area contributed by atoms with Crippen molar-refractivity contribution in [2.24, 2.45) is 0 Å². The van der Waals surface area contributed by atoms with Crippen molar-refractivity contribution in [1.29, 1.82) is 0 Å². The highest BCUT2D eigenvalue weighted by molar-refractivity contribution is 5.84. The van der Waals surface area contributed by atoms with E-state index in [9.17, 15) is 9.59 Å². The van der Waals surface area contributed by atoms with Crippen LogP contribution in [0.4, 0.5) is 0 Å². The molecule has 0 radical (unpaired) electrons. The lowest BCUT2D eigenvalue weighted by Gasteiger charge is -2.18. The van der Waals surface area contributed by atoms with Crippen molar-refractivity contribution in [3.8, 4) is 0 Å². The zero-order valence-electron chi connectivity index (χ0n) is 15.7. The summed E-state index contributed by atoms with van der Waals surface area (Å²) in [5, 5.41) is 1.11. The van der Waals surface area contributed by atoms with Gasteiger partial charge in [0.2, 0.25) is 0 Å². The van der Waals surface area contributed by atoms with E-state index in [2.05, 4.69) is 4.98 Å². The molecule has 0 aliphatic rings. The summed E-state index contributed by atoms with van der Waals surface area (Å²) in [4.78, 5) is 29.0. The highest BCUT2D eigenvalue weighted by atomic mass is 16.5. The summed E-state index contributed by atoms with van der Waals surface area (Å²) in [7, 11) is 1.72. The van der Waals surface area contributed by atoms with Gasteiger partial charge in [-0.2, -0.15) is 0 Å². The minimum Gasteiger partial charge on any atom is -0.456 e. The average Bonchev–Trinajstić information content (AvgIpc) is 3.09. The predicted octanol–water partition coefficient (Wildman–Crippen LogP) is 3.61. The van der Waals surface area contributed by atoms with Crippen molar-refractivity contribution in [2.45, 2.75) is 26.3 Å². The molecule has 0 aliphatic heterocycles. The molecule has 5 nitrogen and oxygen atoms in total. The number of para-hydroxylation sites is 1. The van der Waals surface area contributed by atoms with E-state index in [4.69, 9.17) is 4.74 Å². The fraction of sp³-hybridized carbons (Fsp3) is 0.273. The molecule has 3 rings (SSSR count). The van der Waals surface area contributed by atoms with E-state index in [0.29, 0.717) is 13.0 Å². The number of nitrogens with one attached hydrogen (secondary N) is 1. The van der Waals surface area contributed by atoms with Crippen LogP contribution in [0.25, 0.3) is 10.9 Å². The summed E-state index contributed by atoms with van der Waals surface area (Å²) in [6.45, 7) is 2.28. The molecule has 0 unspecified atom stereocenters. The molecular formula is C22H24N2O3. The maximum absolute atomic E-state index is 12.2. The molecule has 140 valence electrons. The number of ether oxygens (including phenoxy) is 1. The molecule has 5 heteroatoms. The number of likely N-dealkylation sites (N-methyl/N-ethyl adjacent to an activating group) is 1. The molecule has 1 N–H and O–H groups in total. The Morgan fingerprint density at radius 3 is 2.59 bits per heavy atom. The monoisotopic (exact) mass is 364 g/mol. The van der Waals surface area contributed by atoms with Crippen LogP contribution in [-0.2, 0) is 27.3 Å². The van der Waals surface area contributed by atoms with Crippen molar-refractivity contribution >= 4 is 22.8 Å². The zero-order valence-corrected chi connectivity index (χ0v) is 15.7. The molecule has 1 aromatic heterocycles. The van der Waals surface area contributed by atoms with Gasteiger partial charge in [-0.15, -0.1) is 0 Å². The van der Waals surface area contributed by atoms with Gasteiger partial charge in [0.25, 0.3) is 5.91 Å². The minimum absolute atomic E-state index is 0.210. The van der Waals surface area contributed by atoms with Gasteiger partial charge in [0, 0.05) is 37.1 Å². The second-order valence-electron chi connectivity index (χ2n) is 6.70. The number of benzene rings is 2. The molecule has 1 amide bonds. The number of aryl methyl sites for hydroxylation is 2. The van der Waals surface area contributed by atoms with E-state index in [1.165, 1.54) is 0 Å². The van der Waals surface area contributed by atoms with Gasteiger partial charge in [-0.1, -0.05) is 42.5 Å². The Balaban J connectivity index is 1.45. The first-order valence-corrected chi connectivity index (χ1v) is 9.03. The summed E-state index contributed by atoms with van der Waals surface area (Å²) in [6, 6.07) is 15.9. The molecule has 27 heavy (non-hydrogen) atoms. The standard InChI is InChI=1S/C22H24N2O3/c1-16-7-3-4-8-18(16)14-24(2)21(25)15-27-22(26)12-11-17-13-23-20-10-6-5-9-19(17)20/h3-10,13,23H,11-12,14-15H2,1-2H3. The van der Waals surface area contributed by atoms with E-state index < -0.39 is 0 Å². The normalized spacial score (nSPS) is 10.7. The third-order valence-corrected chi connectivity index (χ3v) is 4.72. The van der Waals surface area contributed by atoms with Crippen LogP contribution in [-0.4, -0.2) is 35.4 Å². The number of fused-ring (bicyclic) bond motifs is 1. The molecule has 0 saturated carbocycles. The van der Waals surface area contributed by atoms with Gasteiger partial charge in [-0.3, -0.25) is 9.59 Å². The Morgan fingerprint density at radius 1 is 1.04 bits per heavy atom. The first-order valence-electron chi connectivity index (χ1n) is 9.03. The molecule has 0 aliphatic carbocycles. The van der Waals surface area contributed by atoms with Gasteiger partial charge >= 0.3 is 5.97 Å². The van der Waals surface area contributed by atoms with Crippen LogP contribution in [0.2, 0.25) is 0 Å². The predicted molar refractivity (Wildman–Crippen MR) is 105 cm³/mol. The van der Waals surface area contributed by atoms with Gasteiger partial charge in [0.05, 0.1) is 0 Å². The number of aromatic nitrogens is 1. The van der Waals surface area contributed by atoms with E-state index in [1.807, 2.05) is 61.7 Å². The number of hydrogen-bond acceptors (Lipinski definition) is 3. The van der Waals surface area contributed by atoms with E-state index in [-0.39, 0.29) is 24.9 Å². The number of carbonyl (C=O) groups excluding carboxylic acids is 2. The maximum atomic E-state index is 12.2. The Morgan fingerprint density at radius 2 is 1.78 bits per heavy atom. The van der Waals surface area contributed by atoms with Gasteiger partial charge in [0.15, 0.2) is 6.61 Å². The Labute approximate surface area is 158 Å². The fourth-order valence-corrected chi connectivity index (χ4v) is 3.03. The third kappa shape index (κ3) is 4.76. The maximum Gasteiger partial charge on any atom is 0.306 e. The summed E-state index contributed by atoms with van der Waals surface area (Å²) in [5.41, 5.74) is 4.34. The van der Waals surface area contributed by atoms with Crippen LogP contribution in [0, 0.1) is 6.92 Å². The lowest BCUT2D eigenvalue weighted by atomic mass is 10.1. The summed E-state index contributed by atoms with van der Waals surface area (Å²) in [6.07, 6.45) is 2.74. The lowest BCUT2D eigenvalue weighted by Crippen LogP contribution is -2.31. The highest BCUT2D eigenvalue weighted by Gasteiger charge is 2.14. The molecule has 0 saturated heterocycles. The summed E-state index contributed by atoms with van der Waals surface area (Å²) >= 11 is 0. The Bertz CT molecular complexity index is 945. The number of nitrogens with zero attached hydrogens (tertiary/aromatic N) is 1. The quantitative estimate of drug-likeness (QED) is 0.652. The van der Waals surface area contributed by atoms with E-state index in [0.717, 1.165) is 27.6 Å². The number of hydrogen-bond donors (Lipinski definition) is 1. The van der Waals surface area contributed by atoms with Gasteiger partial charge in [-0.05, 0) is 36.1 Å². The Hall–Kier alpha value is -3.08. The number of aromatic amines is 1. The molecule has 0 spiro atoms. The SMILES string of the molecule is Cc1ccccc1CN(C)C(=O)COC(=O)CCc1c[nH]c2ccccc12. The number of H-pyrrole nitrogens is 1. The molecule has 0 bridgehead atoms. The number of carbonyl (C=O) groups is 2. The largest absolute Gasteiger partial charge is 0.456 e. The molecule has 2 aromatic carbocycles. The molecule has 0 fully saturated rings. The Kier molecular flexibility index (Phi) is 5.91. The number of amides is 1. The third-order valence-electron chi connectivity index (χ3n) is 4.72. The second-order valence-corrected chi connectivity index (χ2v) is 6.70. The topological polar surface area (TPSA) is 62.4 Å². The van der Waals surface area contributed by atoms with Crippen LogP contribution in [0.15, 0.2) is 54.7 Å². The highest BCUT2D eigenvalue weighted by Crippen LogP contribution is 2.19. The number of rotatable bonds is 7. The van der Waals surface area contributed by atoms with Crippen LogP contribution < -0.4 is 0 Å². The summed E-state index contributed by atoms with van der Waals surface area (Å²) in [5.74, 6) is -0.573. The van der Waals surface area contributed by atoms with Crippen molar-refractivity contribution in [3.63, 3.8) is 0 Å².